The van der Waals surface area contributed by atoms with Gasteiger partial charge in [-0.1, -0.05) is 18.1 Å². The summed E-state index contributed by atoms with van der Waals surface area (Å²) in [4.78, 5) is 0. The number of halogens is 1. The molecule has 0 aromatic heterocycles. The Labute approximate surface area is 81.3 Å². The van der Waals surface area contributed by atoms with Crippen LogP contribution in [0.5, 0.6) is 0 Å². The second kappa shape index (κ2) is 3.04. The molecule has 2 aromatic carbocycles. The lowest BCUT2D eigenvalue weighted by Gasteiger charge is -2.03. The van der Waals surface area contributed by atoms with Crippen LogP contribution in [0.25, 0.3) is 10.8 Å². The molecule has 0 aliphatic carbocycles. The highest BCUT2D eigenvalue weighted by Crippen LogP contribution is 2.22. The molecule has 0 saturated carbocycles. The van der Waals surface area contributed by atoms with Crippen LogP contribution in [0.3, 0.4) is 0 Å². The summed E-state index contributed by atoms with van der Waals surface area (Å²) in [7, 11) is 0. The fourth-order valence-electron chi connectivity index (χ4n) is 1.47. The number of hydrogen-bond acceptors (Lipinski definition) is 1. The third kappa shape index (κ3) is 1.20. The van der Waals surface area contributed by atoms with E-state index in [1.165, 1.54) is 6.07 Å². The molecule has 0 saturated heterocycles. The van der Waals surface area contributed by atoms with Gasteiger partial charge in [0, 0.05) is 11.1 Å². The van der Waals surface area contributed by atoms with E-state index < -0.39 is 0 Å². The minimum Gasteiger partial charge on any atom is -0.399 e. The third-order valence-electron chi connectivity index (χ3n) is 2.14. The van der Waals surface area contributed by atoms with Crippen LogP contribution in [0, 0.1) is 18.2 Å². The molecule has 0 aliphatic rings. The molecular weight excluding hydrogens is 177 g/mol. The van der Waals surface area contributed by atoms with Gasteiger partial charge in [0.25, 0.3) is 0 Å². The van der Waals surface area contributed by atoms with Crippen molar-refractivity contribution in [3.05, 3.63) is 41.7 Å². The highest BCUT2D eigenvalue weighted by atomic mass is 19.1. The Bertz CT molecular complexity index is 538. The summed E-state index contributed by atoms with van der Waals surface area (Å²) < 4.78 is 13.2. The molecule has 2 N–H and O–H groups in total. The average Bonchev–Trinajstić information content (AvgIpc) is 2.18. The Balaban J connectivity index is 2.90. The van der Waals surface area contributed by atoms with Crippen molar-refractivity contribution >= 4 is 16.5 Å². The first-order chi connectivity index (χ1) is 6.72. The molecular formula is C12H8FN. The number of terminal acetylenes is 1. The lowest BCUT2D eigenvalue weighted by molar-refractivity contribution is 0.626. The first kappa shape index (κ1) is 8.58. The molecule has 2 heteroatoms. The van der Waals surface area contributed by atoms with Gasteiger partial charge in [-0.25, -0.2) is 4.39 Å². The van der Waals surface area contributed by atoms with Crippen molar-refractivity contribution in [1.29, 1.82) is 0 Å². The summed E-state index contributed by atoms with van der Waals surface area (Å²) in [5.41, 5.74) is 6.55. The zero-order valence-electron chi connectivity index (χ0n) is 7.42. The number of rotatable bonds is 0. The Morgan fingerprint density at radius 2 is 2.00 bits per heavy atom. The summed E-state index contributed by atoms with van der Waals surface area (Å²) in [5.74, 6) is 1.97. The van der Waals surface area contributed by atoms with Crippen LogP contribution in [0.2, 0.25) is 0 Å². The van der Waals surface area contributed by atoms with Crippen LogP contribution < -0.4 is 5.73 Å². The molecule has 0 bridgehead atoms. The summed E-state index contributed by atoms with van der Waals surface area (Å²) >= 11 is 0. The molecule has 0 atom stereocenters. The quantitative estimate of drug-likeness (QED) is 0.495. The number of benzene rings is 2. The fraction of sp³-hybridized carbons (Fsp3) is 0. The molecule has 2 rings (SSSR count). The minimum absolute atomic E-state index is 0.294. The summed E-state index contributed by atoms with van der Waals surface area (Å²) in [6.07, 6.45) is 5.23. The summed E-state index contributed by atoms with van der Waals surface area (Å²) in [5, 5.41) is 1.58. The molecule has 2 aromatic rings. The molecule has 0 spiro atoms. The van der Waals surface area contributed by atoms with Gasteiger partial charge in [0.15, 0.2) is 0 Å². The Morgan fingerprint density at radius 3 is 2.71 bits per heavy atom. The van der Waals surface area contributed by atoms with E-state index in [1.54, 1.807) is 24.3 Å². The van der Waals surface area contributed by atoms with Crippen LogP contribution in [0.1, 0.15) is 5.56 Å². The predicted molar refractivity (Wildman–Crippen MR) is 56.3 cm³/mol. The van der Waals surface area contributed by atoms with Gasteiger partial charge in [0.2, 0.25) is 0 Å². The number of fused-ring (bicyclic) bond motifs is 1. The van der Waals surface area contributed by atoms with Crippen LogP contribution in [-0.2, 0) is 0 Å². The zero-order chi connectivity index (χ0) is 10.1. The Morgan fingerprint density at radius 1 is 1.21 bits per heavy atom. The van der Waals surface area contributed by atoms with Crippen molar-refractivity contribution in [2.24, 2.45) is 0 Å². The standard InChI is InChI=1S/C12H8FN/c1-2-10-11-5-4-9(14)7-8(11)3-6-12(10)13/h1,3-7H,14H2. The molecule has 0 amide bonds. The maximum Gasteiger partial charge on any atom is 0.139 e. The average molecular weight is 185 g/mol. The molecule has 0 heterocycles. The molecule has 14 heavy (non-hydrogen) atoms. The van der Waals surface area contributed by atoms with Crippen LogP contribution in [-0.4, -0.2) is 0 Å². The van der Waals surface area contributed by atoms with Gasteiger partial charge < -0.3 is 5.73 Å². The van der Waals surface area contributed by atoms with Crippen LogP contribution in [0.4, 0.5) is 10.1 Å². The molecule has 0 aliphatic heterocycles. The van der Waals surface area contributed by atoms with Crippen molar-refractivity contribution in [3.8, 4) is 12.3 Å². The lowest BCUT2D eigenvalue weighted by Crippen LogP contribution is -1.88. The fourth-order valence-corrected chi connectivity index (χ4v) is 1.47. The molecule has 68 valence electrons. The highest BCUT2D eigenvalue weighted by molar-refractivity contribution is 5.90. The van der Waals surface area contributed by atoms with Gasteiger partial charge in [-0.2, -0.15) is 0 Å². The first-order valence-corrected chi connectivity index (χ1v) is 4.17. The molecule has 0 fully saturated rings. The first-order valence-electron chi connectivity index (χ1n) is 4.17. The minimum atomic E-state index is -0.371. The van der Waals surface area contributed by atoms with Crippen molar-refractivity contribution in [2.75, 3.05) is 5.73 Å². The summed E-state index contributed by atoms with van der Waals surface area (Å²) in [6.45, 7) is 0. The number of nitrogen functional groups attached to an aromatic ring is 1. The maximum absolute atomic E-state index is 13.2. The number of hydrogen-bond donors (Lipinski definition) is 1. The van der Waals surface area contributed by atoms with E-state index in [4.69, 9.17) is 12.2 Å². The zero-order valence-corrected chi connectivity index (χ0v) is 7.42. The Kier molecular flexibility index (Phi) is 1.86. The van der Waals surface area contributed by atoms with E-state index in [9.17, 15) is 4.39 Å². The van der Waals surface area contributed by atoms with Crippen molar-refractivity contribution in [1.82, 2.24) is 0 Å². The van der Waals surface area contributed by atoms with Gasteiger partial charge in [0.1, 0.15) is 5.82 Å². The van der Waals surface area contributed by atoms with E-state index in [0.717, 1.165) is 10.8 Å². The van der Waals surface area contributed by atoms with Gasteiger partial charge in [-0.3, -0.25) is 0 Å². The molecule has 0 radical (unpaired) electrons. The number of anilines is 1. The molecule has 0 unspecified atom stereocenters. The monoisotopic (exact) mass is 185 g/mol. The van der Waals surface area contributed by atoms with Gasteiger partial charge in [-0.05, 0) is 23.6 Å². The van der Waals surface area contributed by atoms with Crippen molar-refractivity contribution in [2.45, 2.75) is 0 Å². The van der Waals surface area contributed by atoms with Gasteiger partial charge in [-0.15, -0.1) is 6.42 Å². The highest BCUT2D eigenvalue weighted by Gasteiger charge is 2.04. The van der Waals surface area contributed by atoms with Gasteiger partial charge >= 0.3 is 0 Å². The van der Waals surface area contributed by atoms with E-state index >= 15 is 0 Å². The van der Waals surface area contributed by atoms with Crippen molar-refractivity contribution in [3.63, 3.8) is 0 Å². The Hall–Kier alpha value is -2.01. The topological polar surface area (TPSA) is 26.0 Å². The second-order valence-electron chi connectivity index (χ2n) is 3.05. The van der Waals surface area contributed by atoms with Gasteiger partial charge in [0.05, 0.1) is 5.56 Å². The largest absolute Gasteiger partial charge is 0.399 e. The summed E-state index contributed by atoms with van der Waals surface area (Å²) in [6, 6.07) is 8.25. The second-order valence-corrected chi connectivity index (χ2v) is 3.05. The van der Waals surface area contributed by atoms with E-state index in [1.807, 2.05) is 0 Å². The predicted octanol–water partition coefficient (Wildman–Crippen LogP) is 2.54. The van der Waals surface area contributed by atoms with Crippen LogP contribution >= 0.6 is 0 Å². The van der Waals surface area contributed by atoms with E-state index in [2.05, 4.69) is 5.92 Å². The van der Waals surface area contributed by atoms with E-state index in [0.29, 0.717) is 11.3 Å². The normalized spacial score (nSPS) is 10.0. The van der Waals surface area contributed by atoms with Crippen molar-refractivity contribution < 1.29 is 4.39 Å². The smallest absolute Gasteiger partial charge is 0.139 e. The maximum atomic E-state index is 13.2. The SMILES string of the molecule is C#Cc1c(F)ccc2cc(N)ccc12. The van der Waals surface area contributed by atoms with Crippen LogP contribution in [0.15, 0.2) is 30.3 Å². The third-order valence-corrected chi connectivity index (χ3v) is 2.14. The van der Waals surface area contributed by atoms with E-state index in [-0.39, 0.29) is 5.82 Å². The molecule has 1 nitrogen and oxygen atoms in total. The lowest BCUT2D eigenvalue weighted by atomic mass is 10.0. The number of nitrogens with two attached hydrogens (primary N) is 1.